The Bertz CT molecular complexity index is 696. The van der Waals surface area contributed by atoms with E-state index in [-0.39, 0.29) is 17.3 Å². The zero-order valence-electron chi connectivity index (χ0n) is 12.1. The van der Waals surface area contributed by atoms with Crippen LogP contribution < -0.4 is 5.32 Å². The molecule has 1 aromatic carbocycles. The third-order valence-corrected chi connectivity index (χ3v) is 3.23. The van der Waals surface area contributed by atoms with Gasteiger partial charge in [-0.25, -0.2) is 9.78 Å². The molecule has 0 aliphatic rings. The topological polar surface area (TPSA) is 68.3 Å². The molecule has 5 heteroatoms. The zero-order chi connectivity index (χ0) is 15.4. The summed E-state index contributed by atoms with van der Waals surface area (Å²) in [5, 5.41) is 2.80. The third kappa shape index (κ3) is 3.25. The Kier molecular flexibility index (Phi) is 4.33. The van der Waals surface area contributed by atoms with Gasteiger partial charge in [-0.05, 0) is 43.2 Å². The summed E-state index contributed by atoms with van der Waals surface area (Å²) in [5.41, 5.74) is 3.08. The number of pyridine rings is 1. The Morgan fingerprint density at radius 1 is 1.05 bits per heavy atom. The van der Waals surface area contributed by atoms with Gasteiger partial charge in [0.1, 0.15) is 11.4 Å². The number of rotatable bonds is 3. The highest BCUT2D eigenvalue weighted by Crippen LogP contribution is 2.18. The third-order valence-electron chi connectivity index (χ3n) is 3.23. The van der Waals surface area contributed by atoms with E-state index in [1.54, 1.807) is 12.1 Å². The molecule has 1 aromatic heterocycles. The van der Waals surface area contributed by atoms with Crippen molar-refractivity contribution in [1.82, 2.24) is 4.98 Å². The van der Waals surface area contributed by atoms with Crippen LogP contribution in [0, 0.1) is 13.8 Å². The average Bonchev–Trinajstić information content (AvgIpc) is 2.51. The number of hydrogen-bond donors (Lipinski definition) is 1. The van der Waals surface area contributed by atoms with Crippen molar-refractivity contribution in [3.63, 3.8) is 0 Å². The van der Waals surface area contributed by atoms with E-state index in [0.717, 1.165) is 16.8 Å². The predicted octanol–water partition coefficient (Wildman–Crippen LogP) is 2.74. The maximum Gasteiger partial charge on any atom is 0.356 e. The minimum absolute atomic E-state index is 0.103. The van der Waals surface area contributed by atoms with Gasteiger partial charge in [0.2, 0.25) is 0 Å². The van der Waals surface area contributed by atoms with Gasteiger partial charge in [-0.2, -0.15) is 0 Å². The molecule has 5 nitrogen and oxygen atoms in total. The quantitative estimate of drug-likeness (QED) is 0.880. The van der Waals surface area contributed by atoms with E-state index >= 15 is 0 Å². The molecule has 2 aromatic rings. The maximum atomic E-state index is 12.2. The van der Waals surface area contributed by atoms with Crippen molar-refractivity contribution in [2.75, 3.05) is 12.4 Å². The lowest BCUT2D eigenvalue weighted by atomic mass is 10.1. The van der Waals surface area contributed by atoms with E-state index in [1.807, 2.05) is 32.0 Å². The Hall–Kier alpha value is -2.69. The number of benzene rings is 1. The molecule has 0 radical (unpaired) electrons. The van der Waals surface area contributed by atoms with Crippen LogP contribution in [0.5, 0.6) is 0 Å². The molecule has 0 aliphatic heterocycles. The number of nitrogens with one attached hydrogen (secondary N) is 1. The highest BCUT2D eigenvalue weighted by molar-refractivity contribution is 6.04. The number of amides is 1. The molecular weight excluding hydrogens is 268 g/mol. The summed E-state index contributed by atoms with van der Waals surface area (Å²) in [6.07, 6.45) is 0. The molecule has 1 heterocycles. The van der Waals surface area contributed by atoms with Gasteiger partial charge in [0.05, 0.1) is 7.11 Å². The number of hydrogen-bond acceptors (Lipinski definition) is 4. The Balaban J connectivity index is 2.25. The standard InChI is InChI=1S/C16H16N2O3/c1-10-6-4-7-12(11(10)2)18-15(19)13-8-5-9-14(17-13)16(20)21-3/h4-9H,1-3H3,(H,18,19). The Labute approximate surface area is 123 Å². The SMILES string of the molecule is COC(=O)c1cccc(C(=O)Nc2cccc(C)c2C)n1. The highest BCUT2D eigenvalue weighted by Gasteiger charge is 2.13. The molecule has 21 heavy (non-hydrogen) atoms. The molecule has 1 amide bonds. The minimum atomic E-state index is -0.573. The molecule has 0 unspecified atom stereocenters. The number of nitrogens with zero attached hydrogens (tertiary/aromatic N) is 1. The van der Waals surface area contributed by atoms with E-state index in [2.05, 4.69) is 15.0 Å². The van der Waals surface area contributed by atoms with Crippen molar-refractivity contribution in [1.29, 1.82) is 0 Å². The number of aromatic nitrogens is 1. The smallest absolute Gasteiger partial charge is 0.356 e. The number of esters is 1. The van der Waals surface area contributed by atoms with E-state index in [0.29, 0.717) is 0 Å². The molecule has 0 saturated carbocycles. The first-order valence-corrected chi connectivity index (χ1v) is 6.46. The number of carbonyl (C=O) groups excluding carboxylic acids is 2. The van der Waals surface area contributed by atoms with Crippen molar-refractivity contribution in [2.24, 2.45) is 0 Å². The van der Waals surface area contributed by atoms with E-state index < -0.39 is 5.97 Å². The second kappa shape index (κ2) is 6.17. The largest absolute Gasteiger partial charge is 0.464 e. The summed E-state index contributed by atoms with van der Waals surface area (Å²) in [7, 11) is 1.27. The summed E-state index contributed by atoms with van der Waals surface area (Å²) in [4.78, 5) is 27.6. The Morgan fingerprint density at radius 2 is 1.71 bits per heavy atom. The number of methoxy groups -OCH3 is 1. The minimum Gasteiger partial charge on any atom is -0.464 e. The van der Waals surface area contributed by atoms with E-state index in [1.165, 1.54) is 13.2 Å². The number of anilines is 1. The van der Waals surface area contributed by atoms with Gasteiger partial charge < -0.3 is 10.1 Å². The van der Waals surface area contributed by atoms with Gasteiger partial charge in [0.25, 0.3) is 5.91 Å². The van der Waals surface area contributed by atoms with Crippen molar-refractivity contribution in [3.05, 3.63) is 58.9 Å². The Morgan fingerprint density at radius 3 is 2.43 bits per heavy atom. The van der Waals surface area contributed by atoms with E-state index in [4.69, 9.17) is 0 Å². The van der Waals surface area contributed by atoms with Crippen LogP contribution in [0.1, 0.15) is 32.1 Å². The zero-order valence-corrected chi connectivity index (χ0v) is 12.1. The van der Waals surface area contributed by atoms with E-state index in [9.17, 15) is 9.59 Å². The molecule has 1 N–H and O–H groups in total. The molecule has 0 aliphatic carbocycles. The van der Waals surface area contributed by atoms with Crippen molar-refractivity contribution < 1.29 is 14.3 Å². The number of aryl methyl sites for hydroxylation is 1. The van der Waals surface area contributed by atoms with Crippen molar-refractivity contribution in [3.8, 4) is 0 Å². The van der Waals surface area contributed by atoms with Crippen LogP contribution in [-0.2, 0) is 4.74 Å². The van der Waals surface area contributed by atoms with Gasteiger partial charge in [-0.1, -0.05) is 18.2 Å². The lowest BCUT2D eigenvalue weighted by Gasteiger charge is -2.10. The lowest BCUT2D eigenvalue weighted by Crippen LogP contribution is -2.16. The predicted molar refractivity (Wildman–Crippen MR) is 79.4 cm³/mol. The van der Waals surface area contributed by atoms with Gasteiger partial charge >= 0.3 is 5.97 Å². The molecular formula is C16H16N2O3. The lowest BCUT2D eigenvalue weighted by molar-refractivity contribution is 0.0594. The van der Waals surface area contributed by atoms with Crippen molar-refractivity contribution in [2.45, 2.75) is 13.8 Å². The first kappa shape index (κ1) is 14.7. The second-order valence-corrected chi connectivity index (χ2v) is 4.60. The highest BCUT2D eigenvalue weighted by atomic mass is 16.5. The van der Waals surface area contributed by atoms with Crippen LogP contribution in [0.3, 0.4) is 0 Å². The summed E-state index contributed by atoms with van der Waals surface area (Å²) < 4.78 is 4.59. The van der Waals surface area contributed by atoms with Crippen LogP contribution in [0.25, 0.3) is 0 Å². The molecule has 2 rings (SSSR count). The van der Waals surface area contributed by atoms with Gasteiger partial charge in [0.15, 0.2) is 0 Å². The molecule has 0 atom stereocenters. The maximum absolute atomic E-state index is 12.2. The first-order chi connectivity index (χ1) is 10.0. The normalized spacial score (nSPS) is 10.0. The van der Waals surface area contributed by atoms with Crippen LogP contribution >= 0.6 is 0 Å². The van der Waals surface area contributed by atoms with Crippen LogP contribution in [0.2, 0.25) is 0 Å². The number of ether oxygens (including phenoxy) is 1. The van der Waals surface area contributed by atoms with Gasteiger partial charge in [-0.15, -0.1) is 0 Å². The fraction of sp³-hybridized carbons (Fsp3) is 0.188. The van der Waals surface area contributed by atoms with Gasteiger partial charge in [0, 0.05) is 5.69 Å². The molecule has 0 bridgehead atoms. The summed E-state index contributed by atoms with van der Waals surface area (Å²) >= 11 is 0. The molecule has 108 valence electrons. The fourth-order valence-corrected chi connectivity index (χ4v) is 1.85. The monoisotopic (exact) mass is 284 g/mol. The summed E-state index contributed by atoms with van der Waals surface area (Å²) in [5.74, 6) is -0.939. The fourth-order valence-electron chi connectivity index (χ4n) is 1.85. The van der Waals surface area contributed by atoms with Crippen molar-refractivity contribution >= 4 is 17.6 Å². The molecule has 0 fully saturated rings. The molecule has 0 saturated heterocycles. The van der Waals surface area contributed by atoms with Gasteiger partial charge in [-0.3, -0.25) is 4.79 Å². The second-order valence-electron chi connectivity index (χ2n) is 4.60. The van der Waals surface area contributed by atoms with Crippen LogP contribution in [-0.4, -0.2) is 24.0 Å². The molecule has 0 spiro atoms. The average molecular weight is 284 g/mol. The van der Waals surface area contributed by atoms with Crippen LogP contribution in [0.15, 0.2) is 36.4 Å². The number of carbonyl (C=O) groups is 2. The summed E-state index contributed by atoms with van der Waals surface area (Å²) in [6, 6.07) is 10.3. The van der Waals surface area contributed by atoms with Crippen LogP contribution in [0.4, 0.5) is 5.69 Å². The first-order valence-electron chi connectivity index (χ1n) is 6.46. The summed E-state index contributed by atoms with van der Waals surface area (Å²) in [6.45, 7) is 3.91.